The summed E-state index contributed by atoms with van der Waals surface area (Å²) in [5.41, 5.74) is 6.43. The van der Waals surface area contributed by atoms with E-state index < -0.39 is 0 Å². The van der Waals surface area contributed by atoms with E-state index in [0.717, 1.165) is 37.9 Å². The number of fused-ring (bicyclic) bond motifs is 2. The first-order chi connectivity index (χ1) is 16.7. The van der Waals surface area contributed by atoms with Crippen LogP contribution in [0, 0.1) is 0 Å². The number of ether oxygens (including phenoxy) is 3. The lowest BCUT2D eigenvalue weighted by Gasteiger charge is -2.21. The Morgan fingerprint density at radius 2 is 1.97 bits per heavy atom. The lowest BCUT2D eigenvalue weighted by Crippen LogP contribution is -2.31. The number of hydrogen-bond acceptors (Lipinski definition) is 9. The van der Waals surface area contributed by atoms with Gasteiger partial charge in [-0.3, -0.25) is 4.68 Å². The molecular weight excluding hydrogens is 452 g/mol. The third-order valence-corrected chi connectivity index (χ3v) is 6.69. The summed E-state index contributed by atoms with van der Waals surface area (Å²) in [6.45, 7) is 0.952. The second-order valence-corrected chi connectivity index (χ2v) is 9.01. The third-order valence-electron chi connectivity index (χ3n) is 5.89. The van der Waals surface area contributed by atoms with Crippen molar-refractivity contribution in [2.24, 2.45) is 7.05 Å². The van der Waals surface area contributed by atoms with E-state index >= 15 is 0 Å². The van der Waals surface area contributed by atoms with Crippen molar-refractivity contribution >= 4 is 44.0 Å². The number of anilines is 2. The first kappa shape index (κ1) is 21.0. The van der Waals surface area contributed by atoms with Crippen LogP contribution in [0.1, 0.15) is 0 Å². The molecule has 1 aliphatic heterocycles. The van der Waals surface area contributed by atoms with Gasteiger partial charge in [0.05, 0.1) is 46.0 Å². The highest BCUT2D eigenvalue weighted by Crippen LogP contribution is 2.37. The molecule has 0 aliphatic carbocycles. The zero-order chi connectivity index (χ0) is 23.1. The topological polar surface area (TPSA) is 96.2 Å². The summed E-state index contributed by atoms with van der Waals surface area (Å²) < 4.78 is 20.5. The van der Waals surface area contributed by atoms with E-state index in [1.165, 1.54) is 0 Å². The van der Waals surface area contributed by atoms with Gasteiger partial charge in [-0.25, -0.2) is 15.0 Å². The van der Waals surface area contributed by atoms with Crippen molar-refractivity contribution in [2.75, 3.05) is 25.6 Å². The Labute approximate surface area is 199 Å². The van der Waals surface area contributed by atoms with Gasteiger partial charge in [0, 0.05) is 31.6 Å². The maximum atomic E-state index is 6.49. The maximum absolute atomic E-state index is 6.49. The number of thiazole rings is 1. The van der Waals surface area contributed by atoms with Crippen molar-refractivity contribution in [1.82, 2.24) is 24.7 Å². The van der Waals surface area contributed by atoms with Gasteiger partial charge in [-0.15, -0.1) is 11.3 Å². The molecule has 1 fully saturated rings. The number of nitrogens with one attached hydrogen (secondary N) is 1. The minimum absolute atomic E-state index is 0.146. The molecule has 34 heavy (non-hydrogen) atoms. The number of nitrogens with zero attached hydrogens (tertiary/aromatic N) is 5. The number of rotatable bonds is 6. The highest BCUT2D eigenvalue weighted by molar-refractivity contribution is 7.16. The Morgan fingerprint density at radius 3 is 2.82 bits per heavy atom. The Kier molecular flexibility index (Phi) is 5.33. The number of aromatic nitrogens is 5. The van der Waals surface area contributed by atoms with Crippen molar-refractivity contribution in [3.63, 3.8) is 0 Å². The Hall–Kier alpha value is -3.60. The zero-order valence-corrected chi connectivity index (χ0v) is 19.5. The summed E-state index contributed by atoms with van der Waals surface area (Å²) in [6.07, 6.45) is 4.97. The van der Waals surface area contributed by atoms with E-state index in [1.807, 2.05) is 49.2 Å². The molecule has 10 heteroatoms. The first-order valence-corrected chi connectivity index (χ1v) is 11.7. The summed E-state index contributed by atoms with van der Waals surface area (Å²) >= 11 is 1.60. The lowest BCUT2D eigenvalue weighted by atomic mass is 10.1. The van der Waals surface area contributed by atoms with Crippen LogP contribution in [0.3, 0.4) is 0 Å². The highest BCUT2D eigenvalue weighted by atomic mass is 32.1. The smallest absolute Gasteiger partial charge is 0.150 e. The average Bonchev–Trinajstić information content (AvgIpc) is 3.59. The van der Waals surface area contributed by atoms with Crippen LogP contribution >= 0.6 is 11.3 Å². The number of aryl methyl sites for hydroxylation is 1. The van der Waals surface area contributed by atoms with Crippen LogP contribution in [0.25, 0.3) is 32.2 Å². The van der Waals surface area contributed by atoms with Crippen LogP contribution < -0.4 is 10.1 Å². The Balaban J connectivity index is 1.47. The van der Waals surface area contributed by atoms with Gasteiger partial charge >= 0.3 is 0 Å². The predicted octanol–water partition coefficient (Wildman–Crippen LogP) is 4.18. The molecule has 2 aromatic carbocycles. The number of benzene rings is 2. The van der Waals surface area contributed by atoms with E-state index in [0.29, 0.717) is 24.8 Å². The SMILES string of the molecule is CO[C@H]1COC[C@@H]1Oc1cc(-c2cnn(C)c2)cc2ncnc(Nc3ccc4ncsc4c3)c12. The predicted molar refractivity (Wildman–Crippen MR) is 131 cm³/mol. The molecular formula is C24H22N6O3S. The van der Waals surface area contributed by atoms with Gasteiger partial charge < -0.3 is 19.5 Å². The van der Waals surface area contributed by atoms with Crippen molar-refractivity contribution < 1.29 is 14.2 Å². The molecule has 0 radical (unpaired) electrons. The van der Waals surface area contributed by atoms with Crippen LogP contribution in [0.5, 0.6) is 5.75 Å². The Morgan fingerprint density at radius 1 is 1.06 bits per heavy atom. The van der Waals surface area contributed by atoms with Crippen molar-refractivity contribution in [3.05, 3.63) is 54.6 Å². The summed E-state index contributed by atoms with van der Waals surface area (Å²) in [6, 6.07) is 10.1. The monoisotopic (exact) mass is 474 g/mol. The van der Waals surface area contributed by atoms with Crippen LogP contribution in [0.2, 0.25) is 0 Å². The van der Waals surface area contributed by atoms with Crippen molar-refractivity contribution in [1.29, 1.82) is 0 Å². The van der Waals surface area contributed by atoms with E-state index in [2.05, 4.69) is 31.4 Å². The van der Waals surface area contributed by atoms with Crippen LogP contribution in [0.15, 0.2) is 54.6 Å². The molecule has 172 valence electrons. The average molecular weight is 475 g/mol. The van der Waals surface area contributed by atoms with E-state index in [4.69, 9.17) is 14.2 Å². The number of hydrogen-bond donors (Lipinski definition) is 1. The van der Waals surface area contributed by atoms with E-state index in [9.17, 15) is 0 Å². The van der Waals surface area contributed by atoms with E-state index in [1.54, 1.807) is 29.5 Å². The fourth-order valence-electron chi connectivity index (χ4n) is 4.16. The van der Waals surface area contributed by atoms with Gasteiger partial charge in [-0.2, -0.15) is 5.10 Å². The molecule has 0 amide bonds. The van der Waals surface area contributed by atoms with Gasteiger partial charge in [0.15, 0.2) is 6.10 Å². The zero-order valence-electron chi connectivity index (χ0n) is 18.6. The molecule has 3 aromatic heterocycles. The molecule has 9 nitrogen and oxygen atoms in total. The minimum Gasteiger partial charge on any atom is -0.484 e. The van der Waals surface area contributed by atoms with Gasteiger partial charge in [-0.05, 0) is 35.9 Å². The molecule has 1 aliphatic rings. The van der Waals surface area contributed by atoms with Crippen LogP contribution in [0.4, 0.5) is 11.5 Å². The lowest BCUT2D eigenvalue weighted by molar-refractivity contribution is 0.0332. The minimum atomic E-state index is -0.237. The van der Waals surface area contributed by atoms with Crippen LogP contribution in [-0.2, 0) is 16.5 Å². The summed E-state index contributed by atoms with van der Waals surface area (Å²) in [4.78, 5) is 13.5. The fourth-order valence-corrected chi connectivity index (χ4v) is 4.87. The molecule has 0 bridgehead atoms. The molecule has 4 heterocycles. The standard InChI is InChI=1S/C24H22N6O3S/c1-30-9-15(8-28-30)14-5-18-23(19(6-14)33-21-11-32-10-20(21)31-2)24(26-12-25-18)29-16-3-4-17-22(7-16)34-13-27-17/h3-9,12-13,20-21H,10-11H2,1-2H3,(H,25,26,29)/t20-,21-/m0/s1. The quantitative estimate of drug-likeness (QED) is 0.392. The molecule has 2 atom stereocenters. The summed E-state index contributed by atoms with van der Waals surface area (Å²) in [7, 11) is 3.57. The first-order valence-electron chi connectivity index (χ1n) is 10.8. The van der Waals surface area contributed by atoms with Gasteiger partial charge in [-0.1, -0.05) is 0 Å². The van der Waals surface area contributed by atoms with Gasteiger partial charge in [0.25, 0.3) is 0 Å². The highest BCUT2D eigenvalue weighted by Gasteiger charge is 2.31. The summed E-state index contributed by atoms with van der Waals surface area (Å²) in [5.74, 6) is 1.32. The molecule has 0 saturated carbocycles. The largest absolute Gasteiger partial charge is 0.484 e. The summed E-state index contributed by atoms with van der Waals surface area (Å²) in [5, 5.41) is 8.56. The normalized spacial score (nSPS) is 18.1. The van der Waals surface area contributed by atoms with Crippen molar-refractivity contribution in [2.45, 2.75) is 12.2 Å². The van der Waals surface area contributed by atoms with Crippen molar-refractivity contribution in [3.8, 4) is 16.9 Å². The molecule has 0 unspecified atom stereocenters. The van der Waals surface area contributed by atoms with Gasteiger partial charge in [0.1, 0.15) is 24.0 Å². The van der Waals surface area contributed by atoms with Gasteiger partial charge in [0.2, 0.25) is 0 Å². The molecule has 1 N–H and O–H groups in total. The molecule has 6 rings (SSSR count). The molecule has 5 aromatic rings. The molecule has 0 spiro atoms. The Bertz CT molecular complexity index is 1480. The van der Waals surface area contributed by atoms with E-state index in [-0.39, 0.29) is 12.2 Å². The molecule has 1 saturated heterocycles. The third kappa shape index (κ3) is 3.85. The second kappa shape index (κ2) is 8.64. The fraction of sp³-hybridized carbons (Fsp3) is 0.250. The second-order valence-electron chi connectivity index (χ2n) is 8.12. The van der Waals surface area contributed by atoms with Crippen LogP contribution in [-0.4, -0.2) is 57.3 Å². The maximum Gasteiger partial charge on any atom is 0.150 e. The number of methoxy groups -OCH3 is 1.